The van der Waals surface area contributed by atoms with Crippen molar-refractivity contribution in [2.24, 2.45) is 11.8 Å². The number of piperidine rings is 1. The Kier molecular flexibility index (Phi) is 4.86. The average molecular weight is 490 g/mol. The van der Waals surface area contributed by atoms with Crippen LogP contribution in [0.4, 0.5) is 16.2 Å². The van der Waals surface area contributed by atoms with Crippen LogP contribution < -0.4 is 9.80 Å². The Bertz CT molecular complexity index is 1470. The Labute approximate surface area is 207 Å². The highest BCUT2D eigenvalue weighted by Crippen LogP contribution is 2.41. The number of aliphatic hydroxyl groups is 1. The van der Waals surface area contributed by atoms with Gasteiger partial charge in [-0.05, 0) is 36.6 Å². The zero-order chi connectivity index (χ0) is 23.7. The van der Waals surface area contributed by atoms with Gasteiger partial charge >= 0.3 is 0 Å². The molecule has 2 aromatic carbocycles. The molecular formula is C27H25ClFN5O. The maximum absolute atomic E-state index is 16.3. The van der Waals surface area contributed by atoms with Crippen LogP contribution in [0.2, 0.25) is 5.02 Å². The number of pyridine rings is 1. The highest BCUT2D eigenvalue weighted by Gasteiger charge is 2.40. The van der Waals surface area contributed by atoms with E-state index in [0.29, 0.717) is 34.4 Å². The molecule has 2 bridgehead atoms. The van der Waals surface area contributed by atoms with Crippen LogP contribution in [-0.4, -0.2) is 52.3 Å². The van der Waals surface area contributed by atoms with Gasteiger partial charge in [0, 0.05) is 54.3 Å². The summed E-state index contributed by atoms with van der Waals surface area (Å²) in [7, 11) is 0. The van der Waals surface area contributed by atoms with Crippen LogP contribution in [0.1, 0.15) is 19.3 Å². The molecule has 0 spiro atoms. The molecule has 8 heteroatoms. The molecule has 4 aromatic rings. The smallest absolute Gasteiger partial charge is 0.228 e. The largest absolute Gasteiger partial charge is 0.393 e. The van der Waals surface area contributed by atoms with E-state index in [4.69, 9.17) is 21.6 Å². The number of nitrogens with zero attached hydrogens (tertiary/aromatic N) is 5. The van der Waals surface area contributed by atoms with Gasteiger partial charge in [-0.25, -0.2) is 9.37 Å². The molecule has 4 heterocycles. The van der Waals surface area contributed by atoms with Gasteiger partial charge in [0.25, 0.3) is 0 Å². The van der Waals surface area contributed by atoms with Crippen molar-refractivity contribution < 1.29 is 9.50 Å². The number of aliphatic hydroxyl groups excluding tert-OH is 1. The van der Waals surface area contributed by atoms with Crippen LogP contribution in [0.5, 0.6) is 0 Å². The van der Waals surface area contributed by atoms with Gasteiger partial charge in [-0.3, -0.25) is 4.98 Å². The first-order valence-electron chi connectivity index (χ1n) is 12.3. The van der Waals surface area contributed by atoms with E-state index in [0.717, 1.165) is 55.5 Å². The van der Waals surface area contributed by atoms with Gasteiger partial charge in [-0.2, -0.15) is 4.98 Å². The second-order valence-electron chi connectivity index (χ2n) is 10.1. The number of rotatable bonds is 3. The molecule has 178 valence electrons. The van der Waals surface area contributed by atoms with E-state index in [9.17, 15) is 5.11 Å². The van der Waals surface area contributed by atoms with E-state index in [-0.39, 0.29) is 23.2 Å². The second-order valence-corrected chi connectivity index (χ2v) is 10.5. The highest BCUT2D eigenvalue weighted by molar-refractivity contribution is 6.36. The Hall–Kier alpha value is -3.03. The molecule has 3 fully saturated rings. The molecule has 7 rings (SSSR count). The van der Waals surface area contributed by atoms with Gasteiger partial charge in [0.05, 0.1) is 11.5 Å². The fourth-order valence-corrected chi connectivity index (χ4v) is 6.30. The van der Waals surface area contributed by atoms with E-state index in [1.807, 2.05) is 36.4 Å². The van der Waals surface area contributed by atoms with Crippen LogP contribution >= 0.6 is 11.6 Å². The van der Waals surface area contributed by atoms with Gasteiger partial charge in [-0.1, -0.05) is 41.9 Å². The highest BCUT2D eigenvalue weighted by atomic mass is 35.5. The van der Waals surface area contributed by atoms with Crippen LogP contribution in [-0.2, 0) is 0 Å². The van der Waals surface area contributed by atoms with Gasteiger partial charge in [0.15, 0.2) is 5.82 Å². The van der Waals surface area contributed by atoms with Crippen molar-refractivity contribution in [3.05, 3.63) is 53.4 Å². The van der Waals surface area contributed by atoms with Crippen molar-refractivity contribution in [2.75, 3.05) is 36.0 Å². The zero-order valence-electron chi connectivity index (χ0n) is 19.2. The minimum Gasteiger partial charge on any atom is -0.393 e. The first-order chi connectivity index (χ1) is 17.1. The molecule has 1 saturated carbocycles. The van der Waals surface area contributed by atoms with E-state index in [1.165, 1.54) is 0 Å². The van der Waals surface area contributed by atoms with Gasteiger partial charge in [0.2, 0.25) is 5.95 Å². The second kappa shape index (κ2) is 8.00. The number of hydrogen-bond donors (Lipinski definition) is 1. The van der Waals surface area contributed by atoms with Gasteiger partial charge < -0.3 is 14.9 Å². The number of halogens is 2. The molecule has 1 N–H and O–H groups in total. The molecule has 1 aliphatic carbocycles. The van der Waals surface area contributed by atoms with Crippen molar-refractivity contribution in [2.45, 2.75) is 25.4 Å². The number of hydrogen-bond acceptors (Lipinski definition) is 6. The van der Waals surface area contributed by atoms with Gasteiger partial charge in [0.1, 0.15) is 17.0 Å². The molecule has 35 heavy (non-hydrogen) atoms. The third-order valence-electron chi connectivity index (χ3n) is 7.89. The summed E-state index contributed by atoms with van der Waals surface area (Å²) in [6, 6.07) is 11.4. The fraction of sp³-hybridized carbons (Fsp3) is 0.370. The number of fused-ring (bicyclic) bond motifs is 4. The van der Waals surface area contributed by atoms with Crippen molar-refractivity contribution in [3.8, 4) is 11.3 Å². The van der Waals surface area contributed by atoms with E-state index in [2.05, 4.69) is 14.8 Å². The summed E-state index contributed by atoms with van der Waals surface area (Å²) in [5.41, 5.74) is 1.17. The Morgan fingerprint density at radius 3 is 2.60 bits per heavy atom. The molecule has 0 radical (unpaired) electrons. The van der Waals surface area contributed by atoms with Crippen molar-refractivity contribution in [1.29, 1.82) is 0 Å². The third-order valence-corrected chi connectivity index (χ3v) is 8.20. The summed E-state index contributed by atoms with van der Waals surface area (Å²) in [6.45, 7) is 3.26. The number of benzene rings is 2. The molecule has 0 amide bonds. The van der Waals surface area contributed by atoms with Crippen molar-refractivity contribution in [3.63, 3.8) is 0 Å². The Balaban J connectivity index is 1.42. The quantitative estimate of drug-likeness (QED) is 0.434. The maximum Gasteiger partial charge on any atom is 0.228 e. The SMILES string of the molecule is O[C@@H]1C[C@H]2CC1CN(c1nc(N3CCC3)nc3c(F)c(-c4cccc5cccc(Cl)c45)ncc13)C2. The van der Waals surface area contributed by atoms with Crippen LogP contribution in [0.15, 0.2) is 42.6 Å². The molecule has 6 nitrogen and oxygen atoms in total. The van der Waals surface area contributed by atoms with E-state index < -0.39 is 5.82 Å². The molecule has 2 saturated heterocycles. The normalized spacial score (nSPS) is 23.8. The summed E-state index contributed by atoms with van der Waals surface area (Å²) >= 11 is 6.54. The summed E-state index contributed by atoms with van der Waals surface area (Å²) in [5.74, 6) is 1.47. The molecule has 1 unspecified atom stereocenters. The third kappa shape index (κ3) is 3.36. The predicted molar refractivity (Wildman–Crippen MR) is 137 cm³/mol. The number of aromatic nitrogens is 3. The topological polar surface area (TPSA) is 65.4 Å². The summed E-state index contributed by atoms with van der Waals surface area (Å²) in [4.78, 5) is 18.5. The number of anilines is 2. The molecular weight excluding hydrogens is 465 g/mol. The molecule has 2 aromatic heterocycles. The average Bonchev–Trinajstić information content (AvgIpc) is 3.08. The Morgan fingerprint density at radius 1 is 1.00 bits per heavy atom. The van der Waals surface area contributed by atoms with Crippen LogP contribution in [0.3, 0.4) is 0 Å². The van der Waals surface area contributed by atoms with Gasteiger partial charge in [-0.15, -0.1) is 0 Å². The van der Waals surface area contributed by atoms with Crippen molar-refractivity contribution >= 4 is 45.0 Å². The summed E-state index contributed by atoms with van der Waals surface area (Å²) < 4.78 is 16.3. The van der Waals surface area contributed by atoms with Crippen molar-refractivity contribution in [1.82, 2.24) is 15.0 Å². The molecule has 3 aliphatic rings. The lowest BCUT2D eigenvalue weighted by molar-refractivity contribution is 0.137. The minimum atomic E-state index is -0.458. The fourth-order valence-electron chi connectivity index (χ4n) is 6.01. The first kappa shape index (κ1) is 21.3. The summed E-state index contributed by atoms with van der Waals surface area (Å²) in [5, 5.41) is 13.3. The van der Waals surface area contributed by atoms with E-state index >= 15 is 4.39 Å². The monoisotopic (exact) mass is 489 g/mol. The predicted octanol–water partition coefficient (Wildman–Crippen LogP) is 5.05. The Morgan fingerprint density at radius 2 is 1.83 bits per heavy atom. The minimum absolute atomic E-state index is 0.223. The summed E-state index contributed by atoms with van der Waals surface area (Å²) in [6.07, 6.45) is 4.37. The first-order valence-corrected chi connectivity index (χ1v) is 12.7. The van der Waals surface area contributed by atoms with E-state index in [1.54, 1.807) is 6.20 Å². The zero-order valence-corrected chi connectivity index (χ0v) is 19.9. The lowest BCUT2D eigenvalue weighted by atomic mass is 9.98. The maximum atomic E-state index is 16.3. The van der Waals surface area contributed by atoms with Crippen LogP contribution in [0, 0.1) is 17.7 Å². The molecule has 2 aliphatic heterocycles. The standard InChI is InChI=1S/C27H25ClFN5O/c28-20-7-2-5-16-4-1-6-18(22(16)20)24-23(29)25-19(12-30-24)26(32-27(31-25)33-8-3-9-33)34-13-15-10-17(14-34)21(35)11-15/h1-2,4-7,12,15,17,21,35H,3,8-11,13-14H2/t15-,17?,21-/m1/s1. The lowest BCUT2D eigenvalue weighted by Crippen LogP contribution is -2.40. The molecule has 3 atom stereocenters. The van der Waals surface area contributed by atoms with Crippen LogP contribution in [0.25, 0.3) is 32.9 Å². The lowest BCUT2D eigenvalue weighted by Gasteiger charge is -2.35.